The lowest BCUT2D eigenvalue weighted by atomic mass is 9.70. The largest absolute Gasteiger partial charge is 0.254 e. The molecule has 2 aromatic heterocycles. The molecule has 53 heavy (non-hydrogen) atoms. The third-order valence-electron chi connectivity index (χ3n) is 11.9. The standard InChI is InChI=1S/C51H30N2/c1-5-15-37-31(11-1)27-32-12-2-6-16-38(32)47(37)35-21-23-41-42-24-22-36(48-39-17-7-3-13-33(39)28-34-14-4-8-18-40(34)48)30-46(42)51(45(41)29-35)43-19-9-25-52-49(43)50-44(51)20-10-26-53-50/h1-30H. The number of aromatic nitrogens is 2. The number of hydrogen-bond donors (Lipinski definition) is 0. The van der Waals surface area contributed by atoms with Gasteiger partial charge in [-0.2, -0.15) is 0 Å². The Bertz CT molecular complexity index is 2870. The molecule has 12 rings (SSSR count). The van der Waals surface area contributed by atoms with Crippen molar-refractivity contribution in [2.24, 2.45) is 0 Å². The number of benzene rings is 8. The Balaban J connectivity index is 1.20. The highest BCUT2D eigenvalue weighted by atomic mass is 14.8. The van der Waals surface area contributed by atoms with Crippen molar-refractivity contribution in [3.63, 3.8) is 0 Å². The molecule has 2 aliphatic rings. The minimum Gasteiger partial charge on any atom is -0.254 e. The molecule has 2 heterocycles. The van der Waals surface area contributed by atoms with Crippen LogP contribution in [-0.4, -0.2) is 9.97 Å². The van der Waals surface area contributed by atoms with Gasteiger partial charge in [-0.3, -0.25) is 9.97 Å². The van der Waals surface area contributed by atoms with E-state index >= 15 is 0 Å². The molecule has 0 saturated heterocycles. The average molecular weight is 671 g/mol. The third-order valence-corrected chi connectivity index (χ3v) is 11.9. The van der Waals surface area contributed by atoms with Crippen LogP contribution < -0.4 is 0 Å². The summed E-state index contributed by atoms with van der Waals surface area (Å²) in [5.41, 5.74) is 13.8. The third kappa shape index (κ3) is 3.77. The van der Waals surface area contributed by atoms with Crippen molar-refractivity contribution < 1.29 is 0 Å². The minimum absolute atomic E-state index is 0.593. The van der Waals surface area contributed by atoms with Crippen LogP contribution in [0.4, 0.5) is 0 Å². The van der Waals surface area contributed by atoms with Gasteiger partial charge in [-0.1, -0.05) is 133 Å². The molecule has 0 bridgehead atoms. The predicted octanol–water partition coefficient (Wildman–Crippen LogP) is 12.8. The van der Waals surface area contributed by atoms with E-state index in [1.807, 2.05) is 12.4 Å². The van der Waals surface area contributed by atoms with Crippen molar-refractivity contribution in [3.05, 3.63) is 205 Å². The van der Waals surface area contributed by atoms with E-state index in [9.17, 15) is 0 Å². The number of nitrogens with zero attached hydrogens (tertiary/aromatic N) is 2. The fraction of sp³-hybridized carbons (Fsp3) is 0.0196. The number of rotatable bonds is 2. The molecule has 0 aliphatic heterocycles. The number of hydrogen-bond acceptors (Lipinski definition) is 2. The molecule has 1 spiro atoms. The molecule has 10 aromatic rings. The number of fused-ring (bicyclic) bond motifs is 14. The first-order valence-corrected chi connectivity index (χ1v) is 18.3. The fourth-order valence-corrected chi connectivity index (χ4v) is 9.80. The normalized spacial score (nSPS) is 13.4. The van der Waals surface area contributed by atoms with E-state index in [0.717, 1.165) is 11.4 Å². The lowest BCUT2D eigenvalue weighted by molar-refractivity contribution is 0.790. The summed E-state index contributed by atoms with van der Waals surface area (Å²) in [6, 6.07) is 62.9. The first-order valence-electron chi connectivity index (χ1n) is 18.3. The van der Waals surface area contributed by atoms with Gasteiger partial charge in [-0.15, -0.1) is 0 Å². The summed E-state index contributed by atoms with van der Waals surface area (Å²) in [4.78, 5) is 10.1. The summed E-state index contributed by atoms with van der Waals surface area (Å²) in [6.45, 7) is 0. The summed E-state index contributed by atoms with van der Waals surface area (Å²) in [7, 11) is 0. The van der Waals surface area contributed by atoms with Gasteiger partial charge in [0.1, 0.15) is 0 Å². The second-order valence-electron chi connectivity index (χ2n) is 14.5. The molecule has 0 fully saturated rings. The van der Waals surface area contributed by atoms with Crippen LogP contribution in [0, 0.1) is 0 Å². The Morgan fingerprint density at radius 3 is 1.09 bits per heavy atom. The summed E-state index contributed by atoms with van der Waals surface area (Å²) in [6.07, 6.45) is 3.81. The molecule has 2 nitrogen and oxygen atoms in total. The van der Waals surface area contributed by atoms with Crippen molar-refractivity contribution in [2.75, 3.05) is 0 Å². The Morgan fingerprint density at radius 2 is 0.698 bits per heavy atom. The van der Waals surface area contributed by atoms with Gasteiger partial charge in [0, 0.05) is 12.4 Å². The summed E-state index contributed by atoms with van der Waals surface area (Å²) >= 11 is 0. The van der Waals surface area contributed by atoms with Crippen LogP contribution in [0.2, 0.25) is 0 Å². The van der Waals surface area contributed by atoms with Gasteiger partial charge < -0.3 is 0 Å². The summed E-state index contributed by atoms with van der Waals surface area (Å²) < 4.78 is 0. The van der Waals surface area contributed by atoms with Crippen LogP contribution in [0.3, 0.4) is 0 Å². The van der Waals surface area contributed by atoms with E-state index in [-0.39, 0.29) is 0 Å². The second kappa shape index (κ2) is 10.6. The molecule has 244 valence electrons. The molecular weight excluding hydrogens is 641 g/mol. The van der Waals surface area contributed by atoms with Crippen molar-refractivity contribution in [2.45, 2.75) is 5.41 Å². The van der Waals surface area contributed by atoms with E-state index in [1.54, 1.807) is 0 Å². The molecular formula is C51H30N2. The molecule has 0 amide bonds. The Morgan fingerprint density at radius 1 is 0.321 bits per heavy atom. The van der Waals surface area contributed by atoms with Crippen LogP contribution >= 0.6 is 0 Å². The minimum atomic E-state index is -0.593. The van der Waals surface area contributed by atoms with Crippen LogP contribution in [0.1, 0.15) is 22.3 Å². The Labute approximate surface area is 306 Å². The van der Waals surface area contributed by atoms with Gasteiger partial charge in [0.05, 0.1) is 16.8 Å². The topological polar surface area (TPSA) is 25.8 Å². The molecule has 0 atom stereocenters. The quantitative estimate of drug-likeness (QED) is 0.171. The maximum absolute atomic E-state index is 5.03. The maximum Gasteiger partial charge on any atom is 0.0937 e. The van der Waals surface area contributed by atoms with Gasteiger partial charge in [-0.05, 0) is 135 Å². The first kappa shape index (κ1) is 28.8. The SMILES string of the molecule is c1cnc2c(c1)C1(c3cc(-c4c5ccccc5cc5ccccc45)ccc3-c3ccc(-c4c5ccccc5cc5ccccc45)cc31)c1cccnc1-2. The molecule has 0 N–H and O–H groups in total. The zero-order valence-electron chi connectivity index (χ0n) is 28.7. The lowest BCUT2D eigenvalue weighted by Crippen LogP contribution is -2.26. The predicted molar refractivity (Wildman–Crippen MR) is 219 cm³/mol. The van der Waals surface area contributed by atoms with Gasteiger partial charge in [0.2, 0.25) is 0 Å². The van der Waals surface area contributed by atoms with E-state index in [0.29, 0.717) is 0 Å². The second-order valence-corrected chi connectivity index (χ2v) is 14.5. The first-order chi connectivity index (χ1) is 26.3. The van der Waals surface area contributed by atoms with Crippen LogP contribution in [0.15, 0.2) is 182 Å². The van der Waals surface area contributed by atoms with Crippen molar-refractivity contribution in [1.82, 2.24) is 9.97 Å². The smallest absolute Gasteiger partial charge is 0.0937 e. The van der Waals surface area contributed by atoms with Crippen LogP contribution in [-0.2, 0) is 5.41 Å². The molecule has 2 aliphatic carbocycles. The zero-order valence-corrected chi connectivity index (χ0v) is 28.7. The van der Waals surface area contributed by atoms with E-state index in [4.69, 9.17) is 9.97 Å². The highest BCUT2D eigenvalue weighted by Gasteiger charge is 2.53. The molecule has 0 radical (unpaired) electrons. The molecule has 8 aromatic carbocycles. The highest BCUT2D eigenvalue weighted by Crippen LogP contribution is 2.63. The van der Waals surface area contributed by atoms with Crippen LogP contribution in [0.25, 0.3) is 87.9 Å². The number of pyridine rings is 2. The van der Waals surface area contributed by atoms with Gasteiger partial charge >= 0.3 is 0 Å². The van der Waals surface area contributed by atoms with E-state index < -0.39 is 5.41 Å². The van der Waals surface area contributed by atoms with Crippen molar-refractivity contribution >= 4 is 43.1 Å². The van der Waals surface area contributed by atoms with E-state index in [1.165, 1.54) is 98.7 Å². The highest BCUT2D eigenvalue weighted by molar-refractivity contribution is 6.14. The van der Waals surface area contributed by atoms with Gasteiger partial charge in [0.15, 0.2) is 0 Å². The Kier molecular flexibility index (Phi) is 5.73. The van der Waals surface area contributed by atoms with Gasteiger partial charge in [-0.25, -0.2) is 0 Å². The maximum atomic E-state index is 5.03. The van der Waals surface area contributed by atoms with E-state index in [2.05, 4.69) is 170 Å². The van der Waals surface area contributed by atoms with Crippen molar-refractivity contribution in [3.8, 4) is 44.8 Å². The average Bonchev–Trinajstić information content (AvgIpc) is 3.68. The van der Waals surface area contributed by atoms with Gasteiger partial charge in [0.25, 0.3) is 0 Å². The van der Waals surface area contributed by atoms with Crippen LogP contribution in [0.5, 0.6) is 0 Å². The lowest BCUT2D eigenvalue weighted by Gasteiger charge is -2.30. The zero-order chi connectivity index (χ0) is 34.7. The summed E-state index contributed by atoms with van der Waals surface area (Å²) in [5.74, 6) is 0. The fourth-order valence-electron chi connectivity index (χ4n) is 9.80. The molecule has 0 saturated carbocycles. The Hall–Kier alpha value is -6.90. The molecule has 0 unspecified atom stereocenters. The molecule has 2 heteroatoms. The summed E-state index contributed by atoms with van der Waals surface area (Å²) in [5, 5.41) is 10.0. The van der Waals surface area contributed by atoms with Crippen molar-refractivity contribution in [1.29, 1.82) is 0 Å². The monoisotopic (exact) mass is 670 g/mol.